The topological polar surface area (TPSA) is 50.4 Å². The lowest BCUT2D eigenvalue weighted by Gasteiger charge is -2.15. The fourth-order valence-corrected chi connectivity index (χ4v) is 3.08. The number of amides is 1. The molecule has 0 saturated carbocycles. The Bertz CT molecular complexity index is 864. The number of anilines is 1. The zero-order chi connectivity index (χ0) is 20.3. The Hall–Kier alpha value is -3.27. The zero-order valence-electron chi connectivity index (χ0n) is 16.8. The molecule has 0 radical (unpaired) electrons. The Labute approximate surface area is 172 Å². The van der Waals surface area contributed by atoms with Gasteiger partial charge in [0.15, 0.2) is 0 Å². The van der Waals surface area contributed by atoms with E-state index < -0.39 is 0 Å². The Balaban J connectivity index is 1.36. The molecule has 4 nitrogen and oxygen atoms in total. The van der Waals surface area contributed by atoms with Gasteiger partial charge in [-0.2, -0.15) is 0 Å². The first-order valence-electron chi connectivity index (χ1n) is 10.1. The van der Waals surface area contributed by atoms with Crippen LogP contribution in [-0.4, -0.2) is 19.1 Å². The van der Waals surface area contributed by atoms with E-state index >= 15 is 0 Å². The van der Waals surface area contributed by atoms with Crippen molar-refractivity contribution in [3.05, 3.63) is 96.1 Å². The first kappa shape index (κ1) is 20.5. The van der Waals surface area contributed by atoms with Gasteiger partial charge < -0.3 is 15.4 Å². The predicted molar refractivity (Wildman–Crippen MR) is 118 cm³/mol. The average molecular weight is 389 g/mol. The summed E-state index contributed by atoms with van der Waals surface area (Å²) in [6.45, 7) is 2.90. The van der Waals surface area contributed by atoms with Crippen LogP contribution in [0.25, 0.3) is 0 Å². The van der Waals surface area contributed by atoms with Gasteiger partial charge >= 0.3 is 0 Å². The summed E-state index contributed by atoms with van der Waals surface area (Å²) in [6, 6.07) is 28.1. The zero-order valence-corrected chi connectivity index (χ0v) is 16.8. The summed E-state index contributed by atoms with van der Waals surface area (Å²) in [7, 11) is 0. The summed E-state index contributed by atoms with van der Waals surface area (Å²) < 4.78 is 5.80. The largest absolute Gasteiger partial charge is 0.494 e. The van der Waals surface area contributed by atoms with Crippen molar-refractivity contribution < 1.29 is 9.53 Å². The number of nitrogens with one attached hydrogen (secondary N) is 2. The highest BCUT2D eigenvalue weighted by Gasteiger charge is 2.08. The van der Waals surface area contributed by atoms with Crippen LogP contribution < -0.4 is 15.4 Å². The molecule has 3 aromatic rings. The molecule has 0 spiro atoms. The second-order valence-electron chi connectivity index (χ2n) is 7.02. The third kappa shape index (κ3) is 7.00. The lowest BCUT2D eigenvalue weighted by Crippen LogP contribution is -2.32. The van der Waals surface area contributed by atoms with Gasteiger partial charge in [-0.15, -0.1) is 0 Å². The summed E-state index contributed by atoms with van der Waals surface area (Å²) in [5.74, 6) is 0.799. The number of carbonyl (C=O) groups excluding carboxylic acids is 1. The molecular formula is C25H28N2O2. The second-order valence-corrected chi connectivity index (χ2v) is 7.02. The van der Waals surface area contributed by atoms with Crippen molar-refractivity contribution in [1.82, 2.24) is 5.32 Å². The van der Waals surface area contributed by atoms with Crippen molar-refractivity contribution in [3.8, 4) is 5.75 Å². The Kier molecular flexibility index (Phi) is 7.70. The maximum absolute atomic E-state index is 12.2. The number of hydrogen-bond acceptors (Lipinski definition) is 3. The van der Waals surface area contributed by atoms with Gasteiger partial charge in [0.1, 0.15) is 5.75 Å². The molecule has 0 saturated heterocycles. The normalized spacial score (nSPS) is 11.5. The van der Waals surface area contributed by atoms with Gasteiger partial charge in [-0.3, -0.25) is 4.79 Å². The fourth-order valence-electron chi connectivity index (χ4n) is 3.08. The first-order valence-corrected chi connectivity index (χ1v) is 10.1. The summed E-state index contributed by atoms with van der Waals surface area (Å²) in [5.41, 5.74) is 3.31. The van der Waals surface area contributed by atoms with Gasteiger partial charge in [0.2, 0.25) is 5.91 Å². The van der Waals surface area contributed by atoms with Gasteiger partial charge in [0.05, 0.1) is 19.2 Å². The fraction of sp³-hybridized carbons (Fsp3) is 0.240. The number of rotatable bonds is 10. The van der Waals surface area contributed by atoms with Crippen LogP contribution in [0, 0.1) is 0 Å². The molecule has 1 atom stereocenters. The molecule has 0 aliphatic rings. The molecule has 29 heavy (non-hydrogen) atoms. The first-order chi connectivity index (χ1) is 14.2. The van der Waals surface area contributed by atoms with Crippen LogP contribution in [0.15, 0.2) is 84.9 Å². The Morgan fingerprint density at radius 2 is 1.55 bits per heavy atom. The van der Waals surface area contributed by atoms with E-state index in [2.05, 4.69) is 34.9 Å². The van der Waals surface area contributed by atoms with E-state index in [1.54, 1.807) is 0 Å². The molecule has 1 amide bonds. The average Bonchev–Trinajstić information content (AvgIpc) is 2.77. The van der Waals surface area contributed by atoms with Crippen molar-refractivity contribution in [2.24, 2.45) is 0 Å². The predicted octanol–water partition coefficient (Wildman–Crippen LogP) is 4.99. The minimum absolute atomic E-state index is 0.0165. The highest BCUT2D eigenvalue weighted by Crippen LogP contribution is 2.16. The van der Waals surface area contributed by atoms with Gasteiger partial charge in [0.25, 0.3) is 0 Å². The lowest BCUT2D eigenvalue weighted by molar-refractivity contribution is -0.120. The van der Waals surface area contributed by atoms with E-state index in [0.717, 1.165) is 29.8 Å². The highest BCUT2D eigenvalue weighted by atomic mass is 16.5. The summed E-state index contributed by atoms with van der Waals surface area (Å²) >= 11 is 0. The molecule has 3 aromatic carbocycles. The molecule has 1 unspecified atom stereocenters. The Morgan fingerprint density at radius 3 is 2.24 bits per heavy atom. The van der Waals surface area contributed by atoms with Crippen LogP contribution in [0.5, 0.6) is 5.75 Å². The number of aryl methyl sites for hydroxylation is 1. The molecule has 0 aliphatic heterocycles. The van der Waals surface area contributed by atoms with Gasteiger partial charge in [-0.1, -0.05) is 60.7 Å². The van der Waals surface area contributed by atoms with Crippen molar-refractivity contribution in [1.29, 1.82) is 0 Å². The number of hydrogen-bond donors (Lipinski definition) is 2. The van der Waals surface area contributed by atoms with Crippen LogP contribution in [-0.2, 0) is 11.2 Å². The second kappa shape index (κ2) is 10.9. The van der Waals surface area contributed by atoms with E-state index in [9.17, 15) is 4.79 Å². The quantitative estimate of drug-likeness (QED) is 0.481. The van der Waals surface area contributed by atoms with Crippen molar-refractivity contribution in [2.45, 2.75) is 25.8 Å². The lowest BCUT2D eigenvalue weighted by atomic mass is 10.1. The summed E-state index contributed by atoms with van der Waals surface area (Å²) in [6.07, 6.45) is 1.99. The van der Waals surface area contributed by atoms with E-state index in [0.29, 0.717) is 6.61 Å². The molecular weight excluding hydrogens is 360 g/mol. The molecule has 4 heteroatoms. The molecule has 2 N–H and O–H groups in total. The standard InChI is InChI=1S/C25H28N2O2/c1-20(22-12-6-3-7-13-22)27-25(28)19-26-23-14-16-24(17-15-23)29-18-8-11-21-9-4-2-5-10-21/h2-7,9-10,12-17,20,26H,8,11,18-19H2,1H3,(H,27,28). The molecule has 0 bridgehead atoms. The molecule has 0 aromatic heterocycles. The van der Waals surface area contributed by atoms with E-state index in [1.165, 1.54) is 5.56 Å². The minimum atomic E-state index is -0.0393. The SMILES string of the molecule is CC(NC(=O)CNc1ccc(OCCCc2ccccc2)cc1)c1ccccc1. The highest BCUT2D eigenvalue weighted by molar-refractivity contribution is 5.81. The van der Waals surface area contributed by atoms with Gasteiger partial charge in [-0.05, 0) is 55.2 Å². The minimum Gasteiger partial charge on any atom is -0.494 e. The van der Waals surface area contributed by atoms with E-state index in [-0.39, 0.29) is 18.5 Å². The van der Waals surface area contributed by atoms with Crippen molar-refractivity contribution in [2.75, 3.05) is 18.5 Å². The molecule has 3 rings (SSSR count). The van der Waals surface area contributed by atoms with Crippen LogP contribution in [0.4, 0.5) is 5.69 Å². The summed E-state index contributed by atoms with van der Waals surface area (Å²) in [5, 5.41) is 6.15. The smallest absolute Gasteiger partial charge is 0.239 e. The third-order valence-corrected chi connectivity index (χ3v) is 4.71. The molecule has 150 valence electrons. The number of ether oxygens (including phenoxy) is 1. The van der Waals surface area contributed by atoms with Crippen LogP contribution in [0.3, 0.4) is 0 Å². The monoisotopic (exact) mass is 388 g/mol. The summed E-state index contributed by atoms with van der Waals surface area (Å²) in [4.78, 5) is 12.2. The van der Waals surface area contributed by atoms with Crippen LogP contribution in [0.2, 0.25) is 0 Å². The molecule has 0 fully saturated rings. The maximum atomic E-state index is 12.2. The van der Waals surface area contributed by atoms with Gasteiger partial charge in [0, 0.05) is 5.69 Å². The van der Waals surface area contributed by atoms with Crippen molar-refractivity contribution in [3.63, 3.8) is 0 Å². The van der Waals surface area contributed by atoms with Gasteiger partial charge in [-0.25, -0.2) is 0 Å². The third-order valence-electron chi connectivity index (χ3n) is 4.71. The number of carbonyl (C=O) groups is 1. The van der Waals surface area contributed by atoms with Crippen molar-refractivity contribution >= 4 is 11.6 Å². The molecule has 0 aliphatic carbocycles. The Morgan fingerprint density at radius 1 is 0.897 bits per heavy atom. The van der Waals surface area contributed by atoms with Crippen LogP contribution in [0.1, 0.15) is 30.5 Å². The number of benzene rings is 3. The van der Waals surface area contributed by atoms with Crippen LogP contribution >= 0.6 is 0 Å². The van der Waals surface area contributed by atoms with E-state index in [4.69, 9.17) is 4.74 Å². The molecule has 0 heterocycles. The maximum Gasteiger partial charge on any atom is 0.239 e. The van der Waals surface area contributed by atoms with E-state index in [1.807, 2.05) is 67.6 Å².